The zero-order valence-corrected chi connectivity index (χ0v) is 8.57. The van der Waals surface area contributed by atoms with Gasteiger partial charge in [-0.2, -0.15) is 0 Å². The normalized spacial score (nSPS) is 9.08. The third-order valence-electron chi connectivity index (χ3n) is 1.33. The van der Waals surface area contributed by atoms with Gasteiger partial charge in [0, 0.05) is 11.6 Å². The molecule has 0 saturated carbocycles. The van der Waals surface area contributed by atoms with Crippen molar-refractivity contribution in [3.8, 4) is 5.75 Å². The maximum Gasteiger partial charge on any atom is 0.119 e. The van der Waals surface area contributed by atoms with Crippen molar-refractivity contribution in [1.29, 1.82) is 0 Å². The summed E-state index contributed by atoms with van der Waals surface area (Å²) in [5.41, 5.74) is 2.50. The molecule has 0 spiro atoms. The van der Waals surface area contributed by atoms with E-state index >= 15 is 0 Å². The van der Waals surface area contributed by atoms with Gasteiger partial charge in [-0.3, -0.25) is 11.3 Å². The molecule has 0 heterocycles. The van der Waals surface area contributed by atoms with Gasteiger partial charge in [0.15, 0.2) is 0 Å². The molecule has 74 valence electrons. The van der Waals surface area contributed by atoms with Crippen LogP contribution in [0.15, 0.2) is 24.3 Å². The van der Waals surface area contributed by atoms with Crippen molar-refractivity contribution in [2.24, 2.45) is 5.84 Å². The number of hydrogen-bond acceptors (Lipinski definition) is 3. The lowest BCUT2D eigenvalue weighted by molar-refractivity contribution is 0.315. The van der Waals surface area contributed by atoms with Crippen LogP contribution in [-0.2, 0) is 0 Å². The fourth-order valence-electron chi connectivity index (χ4n) is 0.759. The van der Waals surface area contributed by atoms with Gasteiger partial charge in [-0.05, 0) is 24.3 Å². The molecular formula is C8H12Cl2N2O. The van der Waals surface area contributed by atoms with E-state index in [1.807, 2.05) is 12.1 Å². The van der Waals surface area contributed by atoms with Crippen LogP contribution in [0.2, 0.25) is 5.02 Å². The Labute approximate surface area is 88.6 Å². The SMILES string of the molecule is Cl.NNCCOc1ccc(Cl)cc1. The Kier molecular flexibility index (Phi) is 6.72. The topological polar surface area (TPSA) is 47.3 Å². The molecule has 0 bridgehead atoms. The molecule has 0 atom stereocenters. The number of hydrazine groups is 1. The third-order valence-corrected chi connectivity index (χ3v) is 1.58. The molecule has 0 saturated heterocycles. The highest BCUT2D eigenvalue weighted by atomic mass is 35.5. The van der Waals surface area contributed by atoms with Crippen molar-refractivity contribution in [1.82, 2.24) is 5.43 Å². The van der Waals surface area contributed by atoms with Crippen molar-refractivity contribution < 1.29 is 4.74 Å². The van der Waals surface area contributed by atoms with Crippen LogP contribution in [0.1, 0.15) is 0 Å². The number of nitrogens with two attached hydrogens (primary N) is 1. The Balaban J connectivity index is 0.00000144. The van der Waals surface area contributed by atoms with E-state index in [1.54, 1.807) is 12.1 Å². The predicted octanol–water partition coefficient (Wildman–Crippen LogP) is 1.60. The summed E-state index contributed by atoms with van der Waals surface area (Å²) in [6.45, 7) is 1.18. The molecule has 0 amide bonds. The minimum Gasteiger partial charge on any atom is -0.492 e. The summed E-state index contributed by atoms with van der Waals surface area (Å²) in [5.74, 6) is 5.87. The molecule has 0 aliphatic heterocycles. The molecule has 1 rings (SSSR count). The van der Waals surface area contributed by atoms with Gasteiger partial charge >= 0.3 is 0 Å². The third kappa shape index (κ3) is 4.95. The van der Waals surface area contributed by atoms with Crippen molar-refractivity contribution in [2.75, 3.05) is 13.2 Å². The van der Waals surface area contributed by atoms with Gasteiger partial charge in [0.1, 0.15) is 12.4 Å². The molecule has 0 aliphatic rings. The Bertz CT molecular complexity index is 228. The van der Waals surface area contributed by atoms with Gasteiger partial charge in [-0.15, -0.1) is 12.4 Å². The van der Waals surface area contributed by atoms with E-state index in [4.69, 9.17) is 22.2 Å². The van der Waals surface area contributed by atoms with E-state index in [0.717, 1.165) is 5.75 Å². The molecule has 3 nitrogen and oxygen atoms in total. The first-order valence-electron chi connectivity index (χ1n) is 3.65. The lowest BCUT2D eigenvalue weighted by Gasteiger charge is -2.04. The van der Waals surface area contributed by atoms with E-state index < -0.39 is 0 Å². The largest absolute Gasteiger partial charge is 0.492 e. The number of benzene rings is 1. The Hall–Kier alpha value is -0.480. The van der Waals surface area contributed by atoms with E-state index in [2.05, 4.69) is 5.43 Å². The monoisotopic (exact) mass is 222 g/mol. The van der Waals surface area contributed by atoms with Crippen LogP contribution in [0.5, 0.6) is 5.75 Å². The van der Waals surface area contributed by atoms with Crippen molar-refractivity contribution in [3.63, 3.8) is 0 Å². The zero-order valence-electron chi connectivity index (χ0n) is 7.00. The maximum atomic E-state index is 5.69. The summed E-state index contributed by atoms with van der Waals surface area (Å²) in [4.78, 5) is 0. The second-order valence-electron chi connectivity index (χ2n) is 2.26. The Morgan fingerprint density at radius 1 is 1.31 bits per heavy atom. The second kappa shape index (κ2) is 6.97. The van der Waals surface area contributed by atoms with E-state index in [1.165, 1.54) is 0 Å². The standard InChI is InChI=1S/C8H11ClN2O.ClH/c9-7-1-3-8(4-2-7)12-6-5-11-10;/h1-4,11H,5-6,10H2;1H. The number of halogens is 2. The number of rotatable bonds is 4. The van der Waals surface area contributed by atoms with Gasteiger partial charge in [0.2, 0.25) is 0 Å². The molecule has 0 radical (unpaired) electrons. The first-order valence-corrected chi connectivity index (χ1v) is 4.02. The van der Waals surface area contributed by atoms with E-state index in [9.17, 15) is 0 Å². The second-order valence-corrected chi connectivity index (χ2v) is 2.69. The predicted molar refractivity (Wildman–Crippen MR) is 56.4 cm³/mol. The van der Waals surface area contributed by atoms with Crippen LogP contribution < -0.4 is 16.0 Å². The minimum atomic E-state index is 0. The summed E-state index contributed by atoms with van der Waals surface area (Å²) in [7, 11) is 0. The summed E-state index contributed by atoms with van der Waals surface area (Å²) >= 11 is 5.69. The summed E-state index contributed by atoms with van der Waals surface area (Å²) in [6.07, 6.45) is 0. The van der Waals surface area contributed by atoms with Crippen molar-refractivity contribution >= 4 is 24.0 Å². The number of hydrogen-bond donors (Lipinski definition) is 2. The Morgan fingerprint density at radius 2 is 1.92 bits per heavy atom. The van der Waals surface area contributed by atoms with Crippen LogP contribution in [0, 0.1) is 0 Å². The molecule has 1 aromatic rings. The number of ether oxygens (including phenoxy) is 1. The molecule has 0 fully saturated rings. The highest BCUT2D eigenvalue weighted by molar-refractivity contribution is 6.30. The lowest BCUT2D eigenvalue weighted by Crippen LogP contribution is -2.27. The first-order chi connectivity index (χ1) is 5.83. The molecule has 0 aliphatic carbocycles. The maximum absolute atomic E-state index is 5.69. The van der Waals surface area contributed by atoms with Crippen LogP contribution in [-0.4, -0.2) is 13.2 Å². The molecule has 0 unspecified atom stereocenters. The highest BCUT2D eigenvalue weighted by Crippen LogP contribution is 2.14. The summed E-state index contributed by atoms with van der Waals surface area (Å²) < 4.78 is 5.30. The van der Waals surface area contributed by atoms with Gasteiger partial charge in [0.05, 0.1) is 0 Å². The zero-order chi connectivity index (χ0) is 8.81. The smallest absolute Gasteiger partial charge is 0.119 e. The van der Waals surface area contributed by atoms with Crippen LogP contribution in [0.25, 0.3) is 0 Å². The van der Waals surface area contributed by atoms with Crippen LogP contribution in [0.4, 0.5) is 0 Å². The fraction of sp³-hybridized carbons (Fsp3) is 0.250. The van der Waals surface area contributed by atoms with Gasteiger partial charge < -0.3 is 4.74 Å². The van der Waals surface area contributed by atoms with Gasteiger partial charge in [-0.25, -0.2) is 0 Å². The Morgan fingerprint density at radius 3 is 2.46 bits per heavy atom. The molecule has 0 aromatic heterocycles. The van der Waals surface area contributed by atoms with Crippen LogP contribution >= 0.6 is 24.0 Å². The van der Waals surface area contributed by atoms with E-state index in [-0.39, 0.29) is 12.4 Å². The van der Waals surface area contributed by atoms with Crippen molar-refractivity contribution in [3.05, 3.63) is 29.3 Å². The average molecular weight is 223 g/mol. The fourth-order valence-corrected chi connectivity index (χ4v) is 0.885. The molecular weight excluding hydrogens is 211 g/mol. The van der Waals surface area contributed by atoms with Gasteiger partial charge in [0.25, 0.3) is 0 Å². The van der Waals surface area contributed by atoms with Crippen LogP contribution in [0.3, 0.4) is 0 Å². The summed E-state index contributed by atoms with van der Waals surface area (Å²) in [5, 5.41) is 0.708. The molecule has 13 heavy (non-hydrogen) atoms. The van der Waals surface area contributed by atoms with Gasteiger partial charge in [-0.1, -0.05) is 11.6 Å². The van der Waals surface area contributed by atoms with E-state index in [0.29, 0.717) is 18.2 Å². The first kappa shape index (κ1) is 12.5. The summed E-state index contributed by atoms with van der Waals surface area (Å²) in [6, 6.07) is 7.21. The average Bonchev–Trinajstić information content (AvgIpc) is 2.09. The highest BCUT2D eigenvalue weighted by Gasteiger charge is 1.91. The minimum absolute atomic E-state index is 0. The quantitative estimate of drug-likeness (QED) is 0.463. The lowest BCUT2D eigenvalue weighted by atomic mass is 10.3. The molecule has 3 N–H and O–H groups in total. The van der Waals surface area contributed by atoms with Crippen molar-refractivity contribution in [2.45, 2.75) is 0 Å². The molecule has 5 heteroatoms. The number of nitrogens with one attached hydrogen (secondary N) is 1. The molecule has 1 aromatic carbocycles.